The van der Waals surface area contributed by atoms with Gasteiger partial charge in [0.15, 0.2) is 0 Å². The fourth-order valence-electron chi connectivity index (χ4n) is 1.77. The van der Waals surface area contributed by atoms with Crippen LogP contribution in [0.4, 0.5) is 5.69 Å². The Morgan fingerprint density at radius 1 is 1.31 bits per heavy atom. The lowest BCUT2D eigenvalue weighted by molar-refractivity contribution is 0.168. The third-order valence-electron chi connectivity index (χ3n) is 2.76. The summed E-state index contributed by atoms with van der Waals surface area (Å²) < 4.78 is 0. The van der Waals surface area contributed by atoms with Gasteiger partial charge in [0, 0.05) is 17.8 Å². The molecule has 70 valence electrons. The van der Waals surface area contributed by atoms with Gasteiger partial charge in [0.1, 0.15) is 0 Å². The maximum atomic E-state index is 9.74. The van der Waals surface area contributed by atoms with Gasteiger partial charge in [0.2, 0.25) is 0 Å². The van der Waals surface area contributed by atoms with Crippen molar-refractivity contribution < 1.29 is 5.11 Å². The molecule has 0 fully saturated rings. The third-order valence-corrected chi connectivity index (χ3v) is 2.76. The van der Waals surface area contributed by atoms with Crippen molar-refractivity contribution in [1.82, 2.24) is 0 Å². The molecule has 2 nitrogen and oxygen atoms in total. The van der Waals surface area contributed by atoms with Gasteiger partial charge >= 0.3 is 0 Å². The highest BCUT2D eigenvalue weighted by Crippen LogP contribution is 2.31. The molecule has 0 saturated heterocycles. The summed E-state index contributed by atoms with van der Waals surface area (Å²) in [6.07, 6.45) is 0.533. The molecule has 2 rings (SSSR count). The van der Waals surface area contributed by atoms with Crippen LogP contribution >= 0.6 is 0 Å². The molecule has 1 heterocycles. The Hall–Kier alpha value is -1.02. The molecule has 1 aliphatic rings. The van der Waals surface area contributed by atoms with E-state index in [4.69, 9.17) is 0 Å². The molecule has 0 radical (unpaired) electrons. The average Bonchev–Trinajstić information content (AvgIpc) is 2.09. The Morgan fingerprint density at radius 3 is 2.77 bits per heavy atom. The molecule has 0 amide bonds. The minimum absolute atomic E-state index is 0.282. The first-order chi connectivity index (χ1) is 6.18. The highest BCUT2D eigenvalue weighted by Gasteiger charge is 2.17. The smallest absolute Gasteiger partial charge is 0.0826 e. The van der Waals surface area contributed by atoms with E-state index in [0.717, 1.165) is 24.2 Å². The van der Waals surface area contributed by atoms with E-state index in [2.05, 4.69) is 31.3 Å². The molecule has 0 bridgehead atoms. The number of hydrogen-bond donors (Lipinski definition) is 2. The molecule has 0 saturated carbocycles. The van der Waals surface area contributed by atoms with Gasteiger partial charge in [0.25, 0.3) is 0 Å². The number of rotatable bonds is 0. The van der Waals surface area contributed by atoms with Gasteiger partial charge in [-0.1, -0.05) is 6.07 Å². The largest absolute Gasteiger partial charge is 0.388 e. The molecule has 1 atom stereocenters. The third kappa shape index (κ3) is 1.42. The normalized spacial score (nSPS) is 20.7. The van der Waals surface area contributed by atoms with Crippen molar-refractivity contribution in [2.75, 3.05) is 11.9 Å². The number of benzene rings is 1. The number of aliphatic hydroxyl groups excluding tert-OH is 1. The van der Waals surface area contributed by atoms with Crippen LogP contribution in [0.3, 0.4) is 0 Å². The summed E-state index contributed by atoms with van der Waals surface area (Å²) in [6.45, 7) is 5.05. The van der Waals surface area contributed by atoms with Gasteiger partial charge in [-0.05, 0) is 37.5 Å². The van der Waals surface area contributed by atoms with Gasteiger partial charge in [-0.3, -0.25) is 0 Å². The van der Waals surface area contributed by atoms with Crippen LogP contribution in [0.5, 0.6) is 0 Å². The van der Waals surface area contributed by atoms with E-state index in [9.17, 15) is 5.11 Å². The lowest BCUT2D eigenvalue weighted by Gasteiger charge is -2.24. The number of anilines is 1. The lowest BCUT2D eigenvalue weighted by atomic mass is 9.96. The van der Waals surface area contributed by atoms with Gasteiger partial charge < -0.3 is 10.4 Å². The Morgan fingerprint density at radius 2 is 2.00 bits per heavy atom. The maximum absolute atomic E-state index is 9.74. The second kappa shape index (κ2) is 3.04. The Bertz CT molecular complexity index is 333. The topological polar surface area (TPSA) is 32.3 Å². The highest BCUT2D eigenvalue weighted by atomic mass is 16.3. The zero-order valence-corrected chi connectivity index (χ0v) is 8.09. The van der Waals surface area contributed by atoms with Crippen molar-refractivity contribution in [2.24, 2.45) is 0 Å². The van der Waals surface area contributed by atoms with Gasteiger partial charge in [-0.15, -0.1) is 0 Å². The number of aliphatic hydroxyl groups is 1. The zero-order chi connectivity index (χ0) is 9.42. The number of hydrogen-bond acceptors (Lipinski definition) is 2. The molecule has 1 aliphatic heterocycles. The molecule has 13 heavy (non-hydrogen) atoms. The van der Waals surface area contributed by atoms with Crippen LogP contribution in [0.15, 0.2) is 12.1 Å². The second-order valence-corrected chi connectivity index (χ2v) is 3.75. The molecule has 1 aromatic carbocycles. The van der Waals surface area contributed by atoms with E-state index in [-0.39, 0.29) is 6.10 Å². The van der Waals surface area contributed by atoms with Gasteiger partial charge in [0.05, 0.1) is 6.10 Å². The predicted molar refractivity (Wildman–Crippen MR) is 54.0 cm³/mol. The molecule has 2 heteroatoms. The monoisotopic (exact) mass is 177 g/mol. The maximum Gasteiger partial charge on any atom is 0.0826 e. The molecule has 0 aromatic heterocycles. The molecule has 0 aliphatic carbocycles. The molecule has 0 spiro atoms. The van der Waals surface area contributed by atoms with Crippen LogP contribution in [0.2, 0.25) is 0 Å². The van der Waals surface area contributed by atoms with Crippen LogP contribution in [0.1, 0.15) is 29.2 Å². The summed E-state index contributed by atoms with van der Waals surface area (Å²) in [4.78, 5) is 0. The first-order valence-corrected chi connectivity index (χ1v) is 4.71. The van der Waals surface area contributed by atoms with Crippen molar-refractivity contribution >= 4 is 5.69 Å². The molecule has 2 N–H and O–H groups in total. The fourth-order valence-corrected chi connectivity index (χ4v) is 1.77. The predicted octanol–water partition coefficient (Wildman–Crippen LogP) is 2.15. The molecule has 1 aromatic rings. The van der Waals surface area contributed by atoms with Crippen LogP contribution in [0.25, 0.3) is 0 Å². The van der Waals surface area contributed by atoms with E-state index >= 15 is 0 Å². The first-order valence-electron chi connectivity index (χ1n) is 4.71. The van der Waals surface area contributed by atoms with E-state index in [1.165, 1.54) is 11.1 Å². The second-order valence-electron chi connectivity index (χ2n) is 3.75. The fraction of sp³-hybridized carbons (Fsp3) is 0.455. The molecular weight excluding hydrogens is 162 g/mol. The van der Waals surface area contributed by atoms with Gasteiger partial charge in [-0.25, -0.2) is 0 Å². The van der Waals surface area contributed by atoms with Crippen LogP contribution in [0, 0.1) is 13.8 Å². The van der Waals surface area contributed by atoms with E-state index in [0.29, 0.717) is 0 Å². The summed E-state index contributed by atoms with van der Waals surface area (Å²) >= 11 is 0. The quantitative estimate of drug-likeness (QED) is 0.636. The highest BCUT2D eigenvalue weighted by molar-refractivity contribution is 5.57. The summed E-state index contributed by atoms with van der Waals surface area (Å²) in [5.41, 5.74) is 4.68. The standard InChI is InChI=1S/C11H15NO/c1-7-5-9-10(6-8(7)2)12-4-3-11(9)13/h5-6,11-13H,3-4H2,1-2H3. The number of nitrogens with one attached hydrogen (secondary N) is 1. The first kappa shape index (κ1) is 8.57. The van der Waals surface area contributed by atoms with Crippen LogP contribution < -0.4 is 5.32 Å². The Labute approximate surface area is 78.6 Å². The SMILES string of the molecule is Cc1cc2c(cc1C)C(O)CCN2. The number of aryl methyl sites for hydroxylation is 2. The minimum atomic E-state index is -0.282. The average molecular weight is 177 g/mol. The summed E-state index contributed by atoms with van der Waals surface area (Å²) in [6, 6.07) is 4.20. The van der Waals surface area contributed by atoms with Crippen molar-refractivity contribution in [1.29, 1.82) is 0 Å². The van der Waals surface area contributed by atoms with Crippen molar-refractivity contribution in [3.8, 4) is 0 Å². The van der Waals surface area contributed by atoms with Gasteiger partial charge in [-0.2, -0.15) is 0 Å². The number of fused-ring (bicyclic) bond motifs is 1. The van der Waals surface area contributed by atoms with Crippen molar-refractivity contribution in [3.05, 3.63) is 28.8 Å². The van der Waals surface area contributed by atoms with E-state index in [1.807, 2.05) is 0 Å². The van der Waals surface area contributed by atoms with Crippen LogP contribution in [-0.2, 0) is 0 Å². The summed E-state index contributed by atoms with van der Waals surface area (Å²) in [5.74, 6) is 0. The van der Waals surface area contributed by atoms with Crippen LogP contribution in [-0.4, -0.2) is 11.7 Å². The summed E-state index contributed by atoms with van der Waals surface area (Å²) in [7, 11) is 0. The van der Waals surface area contributed by atoms with Crippen molar-refractivity contribution in [2.45, 2.75) is 26.4 Å². The zero-order valence-electron chi connectivity index (χ0n) is 8.09. The van der Waals surface area contributed by atoms with E-state index < -0.39 is 0 Å². The molecule has 1 unspecified atom stereocenters. The van der Waals surface area contributed by atoms with Crippen molar-refractivity contribution in [3.63, 3.8) is 0 Å². The Balaban J connectivity index is 2.52. The van der Waals surface area contributed by atoms with E-state index in [1.54, 1.807) is 0 Å². The summed E-state index contributed by atoms with van der Waals surface area (Å²) in [5, 5.41) is 13.0. The molecular formula is C11H15NO. The Kier molecular flexibility index (Phi) is 2.00. The lowest BCUT2D eigenvalue weighted by Crippen LogP contribution is -2.16. The minimum Gasteiger partial charge on any atom is -0.388 e.